The first-order chi connectivity index (χ1) is 15.5. The van der Waals surface area contributed by atoms with Crippen molar-refractivity contribution in [2.24, 2.45) is 0 Å². The van der Waals surface area contributed by atoms with E-state index >= 15 is 0 Å². The third kappa shape index (κ3) is 4.73. The van der Waals surface area contributed by atoms with Crippen molar-refractivity contribution in [3.8, 4) is 17.3 Å². The van der Waals surface area contributed by atoms with Gasteiger partial charge in [0.05, 0.1) is 12.0 Å². The zero-order chi connectivity index (χ0) is 22.5. The Bertz CT molecular complexity index is 1200. The molecule has 2 aromatic carbocycles. The number of aromatic nitrogens is 3. The Hall–Kier alpha value is -3.85. The lowest BCUT2D eigenvalue weighted by molar-refractivity contribution is -0.113. The summed E-state index contributed by atoms with van der Waals surface area (Å²) in [5.41, 5.74) is 2.04. The van der Waals surface area contributed by atoms with Crippen molar-refractivity contribution >= 4 is 29.3 Å². The Balaban J connectivity index is 1.47. The van der Waals surface area contributed by atoms with Crippen molar-refractivity contribution in [2.75, 3.05) is 25.2 Å². The van der Waals surface area contributed by atoms with Crippen molar-refractivity contribution in [3.63, 3.8) is 0 Å². The van der Waals surface area contributed by atoms with Crippen LogP contribution in [0.15, 0.2) is 82.6 Å². The van der Waals surface area contributed by atoms with Crippen LogP contribution in [0.3, 0.4) is 0 Å². The maximum atomic E-state index is 12.5. The summed E-state index contributed by atoms with van der Waals surface area (Å²) in [6.45, 7) is 0. The van der Waals surface area contributed by atoms with Crippen molar-refractivity contribution < 1.29 is 14.0 Å². The van der Waals surface area contributed by atoms with E-state index in [1.807, 2.05) is 41.0 Å². The molecule has 0 spiro atoms. The van der Waals surface area contributed by atoms with Crippen LogP contribution in [0.25, 0.3) is 17.3 Å². The van der Waals surface area contributed by atoms with E-state index in [1.54, 1.807) is 50.7 Å². The van der Waals surface area contributed by atoms with E-state index < -0.39 is 0 Å². The molecule has 162 valence electrons. The molecule has 0 bridgehead atoms. The smallest absolute Gasteiger partial charge is 0.253 e. The quantitative estimate of drug-likeness (QED) is 0.431. The number of carbonyl (C=O) groups excluding carboxylic acids is 2. The summed E-state index contributed by atoms with van der Waals surface area (Å²) in [5.74, 6) is 1.01. The number of hydrogen-bond acceptors (Lipinski definition) is 6. The van der Waals surface area contributed by atoms with Gasteiger partial charge < -0.3 is 14.6 Å². The number of benzene rings is 2. The normalized spacial score (nSPS) is 10.7. The molecule has 8 nitrogen and oxygen atoms in total. The average molecular weight is 448 g/mol. The fourth-order valence-electron chi connectivity index (χ4n) is 3.02. The van der Waals surface area contributed by atoms with Gasteiger partial charge in [-0.2, -0.15) is 0 Å². The third-order valence-electron chi connectivity index (χ3n) is 4.54. The van der Waals surface area contributed by atoms with Gasteiger partial charge in [0.15, 0.2) is 10.9 Å². The summed E-state index contributed by atoms with van der Waals surface area (Å²) in [7, 11) is 3.39. The number of carbonyl (C=O) groups is 2. The fraction of sp³-hybridized carbons (Fsp3) is 0.130. The molecule has 0 aliphatic carbocycles. The zero-order valence-corrected chi connectivity index (χ0v) is 18.4. The molecule has 4 rings (SSSR count). The first kappa shape index (κ1) is 21.4. The van der Waals surface area contributed by atoms with Crippen molar-refractivity contribution in [2.45, 2.75) is 5.16 Å². The summed E-state index contributed by atoms with van der Waals surface area (Å²) < 4.78 is 7.36. The molecule has 2 heterocycles. The second kappa shape index (κ2) is 9.52. The van der Waals surface area contributed by atoms with Crippen LogP contribution in [0.1, 0.15) is 10.4 Å². The van der Waals surface area contributed by atoms with E-state index in [4.69, 9.17) is 4.42 Å². The Kier molecular flexibility index (Phi) is 6.37. The summed E-state index contributed by atoms with van der Waals surface area (Å²) in [6, 6.07) is 20.1. The van der Waals surface area contributed by atoms with Crippen molar-refractivity contribution in [3.05, 3.63) is 78.6 Å². The van der Waals surface area contributed by atoms with E-state index in [9.17, 15) is 9.59 Å². The van der Waals surface area contributed by atoms with Gasteiger partial charge in [-0.05, 0) is 48.5 Å². The number of nitrogens with zero attached hydrogens (tertiary/aromatic N) is 4. The third-order valence-corrected chi connectivity index (χ3v) is 5.47. The molecule has 2 amide bonds. The van der Waals surface area contributed by atoms with Crippen LogP contribution in [0.2, 0.25) is 0 Å². The van der Waals surface area contributed by atoms with Gasteiger partial charge in [-0.25, -0.2) is 0 Å². The van der Waals surface area contributed by atoms with Gasteiger partial charge in [-0.3, -0.25) is 14.2 Å². The predicted molar refractivity (Wildman–Crippen MR) is 123 cm³/mol. The number of amides is 2. The topological polar surface area (TPSA) is 93.3 Å². The molecule has 9 heteroatoms. The molecule has 0 aliphatic rings. The number of rotatable bonds is 7. The van der Waals surface area contributed by atoms with E-state index in [-0.39, 0.29) is 17.6 Å². The van der Waals surface area contributed by atoms with Gasteiger partial charge in [0.2, 0.25) is 11.7 Å². The van der Waals surface area contributed by atoms with Crippen LogP contribution in [0.4, 0.5) is 5.69 Å². The zero-order valence-electron chi connectivity index (χ0n) is 17.6. The van der Waals surface area contributed by atoms with E-state index in [0.29, 0.717) is 28.0 Å². The summed E-state index contributed by atoms with van der Waals surface area (Å²) in [5, 5.41) is 12.0. The van der Waals surface area contributed by atoms with Crippen LogP contribution in [0.5, 0.6) is 0 Å². The highest BCUT2D eigenvalue weighted by atomic mass is 32.2. The average Bonchev–Trinajstić information content (AvgIpc) is 3.48. The highest BCUT2D eigenvalue weighted by Crippen LogP contribution is 2.28. The standard InChI is InChI=1S/C23H21N5O3S/c1-27(2)22(30)16-10-12-17(13-11-16)24-20(29)15-32-23-26-25-21(19-9-6-14-31-19)28(23)18-7-4-3-5-8-18/h3-14H,15H2,1-2H3,(H,24,29). The SMILES string of the molecule is CN(C)C(=O)c1ccc(NC(=O)CSc2nnc(-c3ccco3)n2-c2ccccc2)cc1. The van der Waals surface area contributed by atoms with Gasteiger partial charge in [0.1, 0.15) is 0 Å². The van der Waals surface area contributed by atoms with Gasteiger partial charge in [0, 0.05) is 31.0 Å². The maximum absolute atomic E-state index is 12.5. The molecule has 0 aliphatic heterocycles. The van der Waals surface area contributed by atoms with E-state index in [0.717, 1.165) is 5.69 Å². The lowest BCUT2D eigenvalue weighted by Crippen LogP contribution is -2.21. The van der Waals surface area contributed by atoms with Crippen molar-refractivity contribution in [1.29, 1.82) is 0 Å². The first-order valence-electron chi connectivity index (χ1n) is 9.82. The van der Waals surface area contributed by atoms with Gasteiger partial charge in [0.25, 0.3) is 5.91 Å². The minimum atomic E-state index is -0.191. The van der Waals surface area contributed by atoms with Crippen LogP contribution in [-0.2, 0) is 4.79 Å². The molecule has 2 aromatic heterocycles. The lowest BCUT2D eigenvalue weighted by Gasteiger charge is -2.11. The van der Waals surface area contributed by atoms with Gasteiger partial charge in [-0.15, -0.1) is 10.2 Å². The van der Waals surface area contributed by atoms with E-state index in [2.05, 4.69) is 15.5 Å². The highest BCUT2D eigenvalue weighted by Gasteiger charge is 2.19. The van der Waals surface area contributed by atoms with Gasteiger partial charge >= 0.3 is 0 Å². The maximum Gasteiger partial charge on any atom is 0.253 e. The first-order valence-corrected chi connectivity index (χ1v) is 10.8. The predicted octanol–water partition coefficient (Wildman–Crippen LogP) is 3.96. The van der Waals surface area contributed by atoms with Crippen molar-refractivity contribution in [1.82, 2.24) is 19.7 Å². The minimum Gasteiger partial charge on any atom is -0.461 e. The molecule has 0 fully saturated rings. The monoisotopic (exact) mass is 447 g/mol. The summed E-state index contributed by atoms with van der Waals surface area (Å²) in [4.78, 5) is 26.0. The molecule has 0 radical (unpaired) electrons. The molecular weight excluding hydrogens is 426 g/mol. The Morgan fingerprint density at radius 2 is 1.75 bits per heavy atom. The fourth-order valence-corrected chi connectivity index (χ4v) is 3.77. The molecule has 1 N–H and O–H groups in total. The number of hydrogen-bond donors (Lipinski definition) is 1. The van der Waals surface area contributed by atoms with Crippen LogP contribution < -0.4 is 5.32 Å². The molecular formula is C23H21N5O3S. The Morgan fingerprint density at radius 3 is 2.41 bits per heavy atom. The number of furan rings is 1. The summed E-state index contributed by atoms with van der Waals surface area (Å²) in [6.07, 6.45) is 1.58. The van der Waals surface area contributed by atoms with Gasteiger partial charge in [-0.1, -0.05) is 30.0 Å². The second-order valence-electron chi connectivity index (χ2n) is 7.07. The number of thioether (sulfide) groups is 1. The molecule has 0 unspecified atom stereocenters. The summed E-state index contributed by atoms with van der Waals surface area (Å²) >= 11 is 1.27. The molecule has 0 saturated heterocycles. The van der Waals surface area contributed by atoms with Crippen LogP contribution in [0, 0.1) is 0 Å². The number of nitrogens with one attached hydrogen (secondary N) is 1. The van der Waals surface area contributed by atoms with Crippen LogP contribution >= 0.6 is 11.8 Å². The highest BCUT2D eigenvalue weighted by molar-refractivity contribution is 7.99. The minimum absolute atomic E-state index is 0.0916. The molecule has 4 aromatic rings. The Labute approximate surface area is 189 Å². The lowest BCUT2D eigenvalue weighted by atomic mass is 10.2. The van der Waals surface area contributed by atoms with Crippen LogP contribution in [-0.4, -0.2) is 51.3 Å². The molecule has 32 heavy (non-hydrogen) atoms. The van der Waals surface area contributed by atoms with E-state index in [1.165, 1.54) is 16.7 Å². The largest absolute Gasteiger partial charge is 0.461 e. The molecule has 0 atom stereocenters. The molecule has 0 saturated carbocycles. The number of para-hydroxylation sites is 1. The second-order valence-corrected chi connectivity index (χ2v) is 8.01. The number of anilines is 1. The Morgan fingerprint density at radius 1 is 1.00 bits per heavy atom.